The quantitative estimate of drug-likeness (QED) is 0.647. The first-order valence-corrected chi connectivity index (χ1v) is 6.09. The molecule has 0 saturated carbocycles. The van der Waals surface area contributed by atoms with Gasteiger partial charge in [0.15, 0.2) is 0 Å². The van der Waals surface area contributed by atoms with E-state index in [1.165, 1.54) is 6.07 Å². The van der Waals surface area contributed by atoms with Crippen molar-refractivity contribution >= 4 is 17.4 Å². The summed E-state index contributed by atoms with van der Waals surface area (Å²) in [6, 6.07) is 1.25. The largest absolute Gasteiger partial charge is 0.383 e. The van der Waals surface area contributed by atoms with Crippen LogP contribution in [0, 0.1) is 10.1 Å². The monoisotopic (exact) mass is 266 g/mol. The third-order valence-electron chi connectivity index (χ3n) is 3.16. The molecule has 0 radical (unpaired) electrons. The van der Waals surface area contributed by atoms with Crippen molar-refractivity contribution < 1.29 is 9.72 Å². The third kappa shape index (κ3) is 3.18. The van der Waals surface area contributed by atoms with Crippen LogP contribution in [0.15, 0.2) is 12.3 Å². The van der Waals surface area contributed by atoms with Crippen molar-refractivity contribution in [3.8, 4) is 0 Å². The highest BCUT2D eigenvalue weighted by molar-refractivity contribution is 5.98. The van der Waals surface area contributed by atoms with Gasteiger partial charge in [0.05, 0.1) is 10.5 Å². The summed E-state index contributed by atoms with van der Waals surface area (Å²) in [6.07, 6.45) is 2.66. The fourth-order valence-corrected chi connectivity index (χ4v) is 1.93. The van der Waals surface area contributed by atoms with E-state index in [0.29, 0.717) is 0 Å². The zero-order valence-corrected chi connectivity index (χ0v) is 11.3. The average Bonchev–Trinajstić information content (AvgIpc) is 2.39. The molecule has 0 aliphatic rings. The smallest absolute Gasteiger partial charge is 0.288 e. The van der Waals surface area contributed by atoms with Crippen LogP contribution in [0.2, 0.25) is 0 Å². The van der Waals surface area contributed by atoms with E-state index in [2.05, 4.69) is 4.98 Å². The van der Waals surface area contributed by atoms with Crippen molar-refractivity contribution in [2.45, 2.75) is 32.7 Å². The van der Waals surface area contributed by atoms with Crippen LogP contribution in [0.5, 0.6) is 0 Å². The maximum Gasteiger partial charge on any atom is 0.288 e. The van der Waals surface area contributed by atoms with Crippen molar-refractivity contribution in [3.05, 3.63) is 27.9 Å². The Morgan fingerprint density at radius 3 is 2.58 bits per heavy atom. The van der Waals surface area contributed by atoms with Crippen LogP contribution in [0.25, 0.3) is 0 Å². The summed E-state index contributed by atoms with van der Waals surface area (Å²) in [5.74, 6) is -0.337. The second kappa shape index (κ2) is 6.12. The Morgan fingerprint density at radius 1 is 1.53 bits per heavy atom. The number of pyridine rings is 1. The molecule has 1 aromatic heterocycles. The lowest BCUT2D eigenvalue weighted by molar-refractivity contribution is -0.385. The van der Waals surface area contributed by atoms with Gasteiger partial charge in [-0.2, -0.15) is 0 Å². The molecule has 7 nitrogen and oxygen atoms in total. The Morgan fingerprint density at radius 2 is 2.11 bits per heavy atom. The molecule has 7 heteroatoms. The maximum absolute atomic E-state index is 12.3. The summed E-state index contributed by atoms with van der Waals surface area (Å²) in [4.78, 5) is 27.6. The van der Waals surface area contributed by atoms with Gasteiger partial charge in [-0.25, -0.2) is 4.98 Å². The van der Waals surface area contributed by atoms with Gasteiger partial charge in [0.25, 0.3) is 11.6 Å². The van der Waals surface area contributed by atoms with Gasteiger partial charge in [0, 0.05) is 19.2 Å². The van der Waals surface area contributed by atoms with Gasteiger partial charge in [-0.05, 0) is 12.8 Å². The number of nitro groups is 1. The molecule has 1 heterocycles. The molecule has 19 heavy (non-hydrogen) atoms. The van der Waals surface area contributed by atoms with Crippen molar-refractivity contribution in [2.75, 3.05) is 12.8 Å². The fraction of sp³-hybridized carbons (Fsp3) is 0.500. The standard InChI is InChI=1S/C12H18N4O3/c1-4-8(5-2)15(3)12(17)10-6-9(16(18)19)7-14-11(10)13/h6-8H,4-5H2,1-3H3,(H2,13,14). The topological polar surface area (TPSA) is 102 Å². The Hall–Kier alpha value is -2.18. The second-order valence-electron chi connectivity index (χ2n) is 4.27. The number of amides is 1. The van der Waals surface area contributed by atoms with Gasteiger partial charge in [-0.15, -0.1) is 0 Å². The van der Waals surface area contributed by atoms with Crippen LogP contribution in [-0.4, -0.2) is 33.8 Å². The summed E-state index contributed by atoms with van der Waals surface area (Å²) in [6.45, 7) is 3.96. The molecule has 0 saturated heterocycles. The number of carbonyl (C=O) groups is 1. The minimum atomic E-state index is -0.597. The van der Waals surface area contributed by atoms with Crippen LogP contribution in [0.1, 0.15) is 37.0 Å². The molecule has 2 N–H and O–H groups in total. The first kappa shape index (κ1) is 14.9. The number of hydrogen-bond acceptors (Lipinski definition) is 5. The summed E-state index contributed by atoms with van der Waals surface area (Å²) in [5, 5.41) is 10.7. The van der Waals surface area contributed by atoms with E-state index in [1.54, 1.807) is 11.9 Å². The minimum Gasteiger partial charge on any atom is -0.383 e. The van der Waals surface area contributed by atoms with Crippen LogP contribution in [-0.2, 0) is 0 Å². The third-order valence-corrected chi connectivity index (χ3v) is 3.16. The Labute approximate surface area is 111 Å². The number of hydrogen-bond donors (Lipinski definition) is 1. The number of aromatic nitrogens is 1. The maximum atomic E-state index is 12.3. The number of nitrogen functional groups attached to an aromatic ring is 1. The van der Waals surface area contributed by atoms with E-state index in [9.17, 15) is 14.9 Å². The van der Waals surface area contributed by atoms with Gasteiger partial charge in [-0.1, -0.05) is 13.8 Å². The van der Waals surface area contributed by atoms with E-state index < -0.39 is 4.92 Å². The number of rotatable bonds is 5. The fourth-order valence-electron chi connectivity index (χ4n) is 1.93. The molecule has 0 unspecified atom stereocenters. The number of anilines is 1. The van der Waals surface area contributed by atoms with Gasteiger partial charge in [0.2, 0.25) is 0 Å². The normalized spacial score (nSPS) is 10.5. The molecule has 1 rings (SSSR count). The summed E-state index contributed by atoms with van der Waals surface area (Å²) >= 11 is 0. The number of nitrogens with zero attached hydrogens (tertiary/aromatic N) is 3. The van der Waals surface area contributed by atoms with Crippen molar-refractivity contribution in [1.82, 2.24) is 9.88 Å². The van der Waals surface area contributed by atoms with E-state index in [1.807, 2.05) is 13.8 Å². The molecule has 0 fully saturated rings. The predicted molar refractivity (Wildman–Crippen MR) is 71.8 cm³/mol. The minimum absolute atomic E-state index is 0.00778. The SMILES string of the molecule is CCC(CC)N(C)C(=O)c1cc([N+](=O)[O-])cnc1N. The summed E-state index contributed by atoms with van der Waals surface area (Å²) < 4.78 is 0. The summed E-state index contributed by atoms with van der Waals surface area (Å²) in [7, 11) is 1.66. The van der Waals surface area contributed by atoms with Gasteiger partial charge >= 0.3 is 0 Å². The molecule has 0 atom stereocenters. The molecule has 0 aliphatic heterocycles. The Bertz CT molecular complexity index is 486. The van der Waals surface area contributed by atoms with Gasteiger partial charge < -0.3 is 10.6 Å². The molecule has 1 amide bonds. The van der Waals surface area contributed by atoms with Gasteiger partial charge in [0.1, 0.15) is 12.0 Å². The van der Waals surface area contributed by atoms with Gasteiger partial charge in [-0.3, -0.25) is 14.9 Å². The van der Waals surface area contributed by atoms with Crippen LogP contribution in [0.3, 0.4) is 0 Å². The first-order chi connectivity index (χ1) is 8.92. The van der Waals surface area contributed by atoms with E-state index in [-0.39, 0.29) is 29.0 Å². The highest BCUT2D eigenvalue weighted by Crippen LogP contribution is 2.20. The van der Waals surface area contributed by atoms with Crippen molar-refractivity contribution in [1.29, 1.82) is 0 Å². The molecule has 0 aliphatic carbocycles. The zero-order valence-electron chi connectivity index (χ0n) is 11.3. The first-order valence-electron chi connectivity index (χ1n) is 6.09. The number of carbonyl (C=O) groups excluding carboxylic acids is 1. The zero-order chi connectivity index (χ0) is 14.6. The molecule has 104 valence electrons. The molecule has 0 aromatic carbocycles. The van der Waals surface area contributed by atoms with Crippen molar-refractivity contribution in [3.63, 3.8) is 0 Å². The molecular weight excluding hydrogens is 248 g/mol. The Kier molecular flexibility index (Phi) is 4.80. The van der Waals surface area contributed by atoms with E-state index in [0.717, 1.165) is 19.0 Å². The highest BCUT2D eigenvalue weighted by Gasteiger charge is 2.23. The Balaban J connectivity index is 3.11. The van der Waals surface area contributed by atoms with Crippen LogP contribution in [0.4, 0.5) is 11.5 Å². The van der Waals surface area contributed by atoms with Crippen LogP contribution >= 0.6 is 0 Å². The van der Waals surface area contributed by atoms with E-state index in [4.69, 9.17) is 5.73 Å². The van der Waals surface area contributed by atoms with Crippen molar-refractivity contribution in [2.24, 2.45) is 0 Å². The second-order valence-corrected chi connectivity index (χ2v) is 4.27. The van der Waals surface area contributed by atoms with E-state index >= 15 is 0 Å². The summed E-state index contributed by atoms with van der Waals surface area (Å²) in [5.41, 5.74) is 5.46. The molecule has 0 bridgehead atoms. The van der Waals surface area contributed by atoms with Crippen LogP contribution < -0.4 is 5.73 Å². The molecule has 1 aromatic rings. The lowest BCUT2D eigenvalue weighted by atomic mass is 10.1. The predicted octanol–water partition coefficient (Wildman–Crippen LogP) is 1.83. The lowest BCUT2D eigenvalue weighted by Crippen LogP contribution is -2.36. The molecular formula is C12H18N4O3. The average molecular weight is 266 g/mol. The number of nitrogens with two attached hydrogens (primary N) is 1. The molecule has 0 spiro atoms. The highest BCUT2D eigenvalue weighted by atomic mass is 16.6. The lowest BCUT2D eigenvalue weighted by Gasteiger charge is -2.26.